The van der Waals surface area contributed by atoms with Crippen molar-refractivity contribution in [3.63, 3.8) is 0 Å². The minimum Gasteiger partial charge on any atom is -0.338 e. The van der Waals surface area contributed by atoms with Crippen LogP contribution in [0, 0.1) is 0 Å². The predicted octanol–water partition coefficient (Wildman–Crippen LogP) is 2.84. The van der Waals surface area contributed by atoms with Crippen LogP contribution in [0.1, 0.15) is 30.1 Å². The van der Waals surface area contributed by atoms with Gasteiger partial charge in [0.15, 0.2) is 0 Å². The van der Waals surface area contributed by atoms with Crippen molar-refractivity contribution in [2.75, 3.05) is 19.6 Å². The molecule has 3 rings (SSSR count). The van der Waals surface area contributed by atoms with Gasteiger partial charge in [0.2, 0.25) is 0 Å². The first-order valence-corrected chi connectivity index (χ1v) is 7.56. The van der Waals surface area contributed by atoms with Crippen LogP contribution in [-0.2, 0) is 13.5 Å². The third-order valence-corrected chi connectivity index (χ3v) is 4.35. The average molecular weight is 269 g/mol. The molecule has 1 aromatic carbocycles. The summed E-state index contributed by atoms with van der Waals surface area (Å²) >= 11 is 0. The first-order chi connectivity index (χ1) is 9.83. The van der Waals surface area contributed by atoms with Gasteiger partial charge in [-0.25, -0.2) is 4.98 Å². The molecular weight excluding hydrogens is 246 g/mol. The molecule has 0 radical (unpaired) electrons. The molecule has 1 aromatic heterocycles. The summed E-state index contributed by atoms with van der Waals surface area (Å²) in [6.45, 7) is 3.54. The van der Waals surface area contributed by atoms with Gasteiger partial charge in [0.1, 0.15) is 5.82 Å². The maximum atomic E-state index is 4.41. The molecule has 1 saturated heterocycles. The SMILES string of the molecule is Cn1ccnc1CCN1CCC[C@@H](c2ccccc2)C1. The molecule has 0 spiro atoms. The van der Waals surface area contributed by atoms with Crippen molar-refractivity contribution in [3.05, 3.63) is 54.1 Å². The van der Waals surface area contributed by atoms with Gasteiger partial charge in [-0.3, -0.25) is 0 Å². The van der Waals surface area contributed by atoms with E-state index in [1.165, 1.54) is 37.3 Å². The van der Waals surface area contributed by atoms with E-state index in [4.69, 9.17) is 0 Å². The molecule has 1 aliphatic rings. The molecule has 2 heterocycles. The molecule has 0 aliphatic carbocycles. The molecule has 0 N–H and O–H groups in total. The van der Waals surface area contributed by atoms with Crippen LogP contribution >= 0.6 is 0 Å². The monoisotopic (exact) mass is 269 g/mol. The molecule has 1 aliphatic heterocycles. The van der Waals surface area contributed by atoms with Crippen LogP contribution in [0.4, 0.5) is 0 Å². The predicted molar refractivity (Wildman–Crippen MR) is 81.8 cm³/mol. The lowest BCUT2D eigenvalue weighted by Crippen LogP contribution is -2.36. The van der Waals surface area contributed by atoms with Crippen molar-refractivity contribution >= 4 is 0 Å². The molecule has 0 saturated carbocycles. The van der Waals surface area contributed by atoms with E-state index >= 15 is 0 Å². The summed E-state index contributed by atoms with van der Waals surface area (Å²) in [5.41, 5.74) is 1.49. The summed E-state index contributed by atoms with van der Waals surface area (Å²) in [5.74, 6) is 1.89. The molecule has 3 nitrogen and oxygen atoms in total. The van der Waals surface area contributed by atoms with E-state index in [1.54, 1.807) is 0 Å². The van der Waals surface area contributed by atoms with Crippen molar-refractivity contribution in [2.24, 2.45) is 7.05 Å². The molecule has 1 fully saturated rings. The molecule has 1 atom stereocenters. The molecular formula is C17H23N3. The van der Waals surface area contributed by atoms with Crippen LogP contribution in [0.5, 0.6) is 0 Å². The molecule has 2 aromatic rings. The summed E-state index contributed by atoms with van der Waals surface area (Å²) in [5, 5.41) is 0. The number of aryl methyl sites for hydroxylation is 1. The molecule has 0 bridgehead atoms. The lowest BCUT2D eigenvalue weighted by molar-refractivity contribution is 0.208. The maximum Gasteiger partial charge on any atom is 0.109 e. The zero-order valence-electron chi connectivity index (χ0n) is 12.2. The minimum atomic E-state index is 0.700. The smallest absolute Gasteiger partial charge is 0.109 e. The highest BCUT2D eigenvalue weighted by Gasteiger charge is 2.21. The number of likely N-dealkylation sites (tertiary alicyclic amines) is 1. The second kappa shape index (κ2) is 6.23. The van der Waals surface area contributed by atoms with E-state index < -0.39 is 0 Å². The van der Waals surface area contributed by atoms with Gasteiger partial charge in [-0.05, 0) is 30.9 Å². The van der Waals surface area contributed by atoms with E-state index in [1.807, 2.05) is 12.4 Å². The Morgan fingerprint density at radius 3 is 2.85 bits per heavy atom. The third kappa shape index (κ3) is 3.10. The van der Waals surface area contributed by atoms with E-state index in [2.05, 4.69) is 51.8 Å². The van der Waals surface area contributed by atoms with E-state index in [9.17, 15) is 0 Å². The Bertz CT molecular complexity index is 532. The first-order valence-electron chi connectivity index (χ1n) is 7.56. The minimum absolute atomic E-state index is 0.700. The lowest BCUT2D eigenvalue weighted by atomic mass is 9.90. The summed E-state index contributed by atoms with van der Waals surface area (Å²) < 4.78 is 2.12. The number of rotatable bonds is 4. The maximum absolute atomic E-state index is 4.41. The number of imidazole rings is 1. The number of piperidine rings is 1. The summed E-state index contributed by atoms with van der Waals surface area (Å²) in [6, 6.07) is 11.0. The van der Waals surface area contributed by atoms with Gasteiger partial charge in [0, 0.05) is 39.0 Å². The Morgan fingerprint density at radius 1 is 1.25 bits per heavy atom. The van der Waals surface area contributed by atoms with Gasteiger partial charge in [-0.2, -0.15) is 0 Å². The Labute approximate surface area is 121 Å². The highest BCUT2D eigenvalue weighted by molar-refractivity contribution is 5.20. The third-order valence-electron chi connectivity index (χ3n) is 4.35. The van der Waals surface area contributed by atoms with Crippen LogP contribution < -0.4 is 0 Å². The molecule has 0 amide bonds. The van der Waals surface area contributed by atoms with Gasteiger partial charge in [0.05, 0.1) is 0 Å². The quantitative estimate of drug-likeness (QED) is 0.851. The van der Waals surface area contributed by atoms with Crippen molar-refractivity contribution in [3.8, 4) is 0 Å². The number of hydrogen-bond acceptors (Lipinski definition) is 2. The largest absolute Gasteiger partial charge is 0.338 e. The zero-order valence-corrected chi connectivity index (χ0v) is 12.2. The fourth-order valence-corrected chi connectivity index (χ4v) is 3.15. The van der Waals surface area contributed by atoms with Gasteiger partial charge < -0.3 is 9.47 Å². The van der Waals surface area contributed by atoms with E-state index in [-0.39, 0.29) is 0 Å². The fraction of sp³-hybridized carbons (Fsp3) is 0.471. The lowest BCUT2D eigenvalue weighted by Gasteiger charge is -2.32. The average Bonchev–Trinajstić information content (AvgIpc) is 2.92. The normalized spacial score (nSPS) is 20.1. The van der Waals surface area contributed by atoms with Crippen LogP contribution in [-0.4, -0.2) is 34.1 Å². The standard InChI is InChI=1S/C17H23N3/c1-19-13-10-18-17(19)9-12-20-11-5-8-16(14-20)15-6-3-2-4-7-15/h2-4,6-7,10,13,16H,5,8-9,11-12,14H2,1H3/t16-/m1/s1. The fourth-order valence-electron chi connectivity index (χ4n) is 3.15. The molecule has 0 unspecified atom stereocenters. The van der Waals surface area contributed by atoms with Crippen molar-refractivity contribution < 1.29 is 0 Å². The molecule has 106 valence electrons. The topological polar surface area (TPSA) is 21.1 Å². The van der Waals surface area contributed by atoms with Crippen molar-refractivity contribution in [1.82, 2.24) is 14.5 Å². The van der Waals surface area contributed by atoms with Crippen LogP contribution in [0.2, 0.25) is 0 Å². The summed E-state index contributed by atoms with van der Waals surface area (Å²) in [7, 11) is 2.07. The van der Waals surface area contributed by atoms with Crippen LogP contribution in [0.15, 0.2) is 42.7 Å². The number of benzene rings is 1. The Kier molecular flexibility index (Phi) is 4.16. The summed E-state index contributed by atoms with van der Waals surface area (Å²) in [6.07, 6.45) is 7.59. The van der Waals surface area contributed by atoms with E-state index in [0.717, 1.165) is 13.0 Å². The molecule has 20 heavy (non-hydrogen) atoms. The Hall–Kier alpha value is -1.61. The number of aromatic nitrogens is 2. The zero-order chi connectivity index (χ0) is 13.8. The van der Waals surface area contributed by atoms with Crippen LogP contribution in [0.3, 0.4) is 0 Å². The van der Waals surface area contributed by atoms with Gasteiger partial charge in [0.25, 0.3) is 0 Å². The van der Waals surface area contributed by atoms with Crippen molar-refractivity contribution in [1.29, 1.82) is 0 Å². The highest BCUT2D eigenvalue weighted by Crippen LogP contribution is 2.26. The molecule has 3 heteroatoms. The second-order valence-electron chi connectivity index (χ2n) is 5.75. The number of hydrogen-bond donors (Lipinski definition) is 0. The second-order valence-corrected chi connectivity index (χ2v) is 5.75. The van der Waals surface area contributed by atoms with Gasteiger partial charge in [-0.1, -0.05) is 30.3 Å². The van der Waals surface area contributed by atoms with Crippen molar-refractivity contribution in [2.45, 2.75) is 25.2 Å². The highest BCUT2D eigenvalue weighted by atomic mass is 15.1. The Morgan fingerprint density at radius 2 is 2.10 bits per heavy atom. The van der Waals surface area contributed by atoms with Gasteiger partial charge in [-0.15, -0.1) is 0 Å². The summed E-state index contributed by atoms with van der Waals surface area (Å²) in [4.78, 5) is 7.01. The Balaban J connectivity index is 1.57. The first kappa shape index (κ1) is 13.4. The van der Waals surface area contributed by atoms with Crippen LogP contribution in [0.25, 0.3) is 0 Å². The number of nitrogens with zero attached hydrogens (tertiary/aromatic N) is 3. The van der Waals surface area contributed by atoms with E-state index in [0.29, 0.717) is 5.92 Å². The van der Waals surface area contributed by atoms with Gasteiger partial charge >= 0.3 is 0 Å².